The molecule has 0 heterocycles. The largest absolute Gasteiger partial charge is 0.332 e. The molecule has 7 heteroatoms. The van der Waals surface area contributed by atoms with Crippen LogP contribution in [0.2, 0.25) is 6.32 Å². The SMILES string of the molecule is [B]CCCCC(=O)Nc1ccc(NC(=S)NC(=O)c2ccc(C(C)(C)C)cc2)cc1. The van der Waals surface area contributed by atoms with Crippen LogP contribution in [0.15, 0.2) is 48.5 Å². The molecule has 30 heavy (non-hydrogen) atoms. The van der Waals surface area contributed by atoms with Crippen molar-refractivity contribution < 1.29 is 9.59 Å². The van der Waals surface area contributed by atoms with Crippen LogP contribution in [0.1, 0.15) is 56.0 Å². The van der Waals surface area contributed by atoms with Gasteiger partial charge < -0.3 is 10.6 Å². The van der Waals surface area contributed by atoms with Crippen LogP contribution in [0.4, 0.5) is 11.4 Å². The summed E-state index contributed by atoms with van der Waals surface area (Å²) in [6, 6.07) is 14.6. The molecule has 2 radical (unpaired) electrons. The Hall–Kier alpha value is -2.67. The van der Waals surface area contributed by atoms with E-state index < -0.39 is 0 Å². The molecule has 0 aliphatic rings. The normalized spacial score (nSPS) is 10.9. The zero-order valence-corrected chi connectivity index (χ0v) is 18.6. The summed E-state index contributed by atoms with van der Waals surface area (Å²) in [5, 5.41) is 8.70. The summed E-state index contributed by atoms with van der Waals surface area (Å²) >= 11 is 5.24. The predicted molar refractivity (Wildman–Crippen MR) is 128 cm³/mol. The first-order valence-corrected chi connectivity index (χ1v) is 10.4. The van der Waals surface area contributed by atoms with Crippen molar-refractivity contribution in [3.8, 4) is 0 Å². The molecule has 0 atom stereocenters. The average molecular weight is 421 g/mol. The van der Waals surface area contributed by atoms with E-state index in [1.807, 2.05) is 12.1 Å². The Kier molecular flexibility index (Phi) is 8.60. The van der Waals surface area contributed by atoms with Gasteiger partial charge in [0, 0.05) is 23.4 Å². The lowest BCUT2D eigenvalue weighted by Crippen LogP contribution is -2.34. The number of hydrogen-bond acceptors (Lipinski definition) is 3. The van der Waals surface area contributed by atoms with E-state index in [1.165, 1.54) is 0 Å². The molecule has 0 saturated carbocycles. The molecular formula is C23H28BN3O2S. The van der Waals surface area contributed by atoms with Crippen molar-refractivity contribution in [1.29, 1.82) is 0 Å². The van der Waals surface area contributed by atoms with Gasteiger partial charge in [-0.1, -0.05) is 45.6 Å². The average Bonchev–Trinajstić information content (AvgIpc) is 2.69. The van der Waals surface area contributed by atoms with Crippen molar-refractivity contribution >= 4 is 48.4 Å². The van der Waals surface area contributed by atoms with Gasteiger partial charge in [0.1, 0.15) is 0 Å². The molecule has 2 aromatic rings. The lowest BCUT2D eigenvalue weighted by molar-refractivity contribution is -0.116. The van der Waals surface area contributed by atoms with E-state index in [0.29, 0.717) is 29.7 Å². The molecule has 5 nitrogen and oxygen atoms in total. The number of anilines is 2. The molecule has 156 valence electrons. The Morgan fingerprint density at radius 3 is 2.00 bits per heavy atom. The fraction of sp³-hybridized carbons (Fsp3) is 0.348. The van der Waals surface area contributed by atoms with E-state index in [2.05, 4.69) is 36.7 Å². The number of unbranched alkanes of at least 4 members (excludes halogenated alkanes) is 1. The lowest BCUT2D eigenvalue weighted by Gasteiger charge is -2.19. The number of amides is 2. The number of carbonyl (C=O) groups is 2. The van der Waals surface area contributed by atoms with Gasteiger partial charge in [0.2, 0.25) is 5.91 Å². The van der Waals surface area contributed by atoms with Crippen LogP contribution in [0.5, 0.6) is 0 Å². The number of benzene rings is 2. The summed E-state index contributed by atoms with van der Waals surface area (Å²) in [7, 11) is 5.43. The summed E-state index contributed by atoms with van der Waals surface area (Å²) in [6.45, 7) is 6.37. The number of thiocarbonyl (C=S) groups is 1. The van der Waals surface area contributed by atoms with E-state index in [4.69, 9.17) is 20.1 Å². The molecule has 0 saturated heterocycles. The quantitative estimate of drug-likeness (QED) is 0.341. The lowest BCUT2D eigenvalue weighted by atomic mass is 9.87. The van der Waals surface area contributed by atoms with Crippen LogP contribution >= 0.6 is 12.2 Å². The van der Waals surface area contributed by atoms with Crippen molar-refractivity contribution in [3.05, 3.63) is 59.7 Å². The Balaban J connectivity index is 1.85. The van der Waals surface area contributed by atoms with Crippen LogP contribution in [0.3, 0.4) is 0 Å². The Morgan fingerprint density at radius 2 is 1.47 bits per heavy atom. The zero-order chi connectivity index (χ0) is 22.1. The van der Waals surface area contributed by atoms with Gasteiger partial charge in [-0.25, -0.2) is 0 Å². The number of hydrogen-bond donors (Lipinski definition) is 3. The van der Waals surface area contributed by atoms with Crippen LogP contribution in [-0.2, 0) is 10.2 Å². The molecule has 0 fully saturated rings. The summed E-state index contributed by atoms with van der Waals surface area (Å²) in [5.74, 6) is -0.307. The molecular weight excluding hydrogens is 393 g/mol. The molecule has 2 aromatic carbocycles. The van der Waals surface area contributed by atoms with Gasteiger partial charge in [-0.3, -0.25) is 14.9 Å². The second kappa shape index (κ2) is 10.9. The standard InChI is InChI=1S/C23H28BN3O2S/c1-23(2,3)17-9-7-16(8-10-17)21(29)27-22(30)26-19-13-11-18(12-14-19)25-20(28)6-4-5-15-24/h7-14H,4-6,15H2,1-3H3,(H,25,28)(H2,26,27,29,30). The van der Waals surface area contributed by atoms with E-state index in [9.17, 15) is 9.59 Å². The van der Waals surface area contributed by atoms with Crippen LogP contribution in [0, 0.1) is 0 Å². The van der Waals surface area contributed by atoms with Crippen molar-refractivity contribution in [2.45, 2.75) is 51.8 Å². The van der Waals surface area contributed by atoms with Gasteiger partial charge in [-0.15, -0.1) is 0 Å². The first kappa shape index (κ1) is 23.6. The van der Waals surface area contributed by atoms with Gasteiger partial charge in [0.15, 0.2) is 5.11 Å². The second-order valence-corrected chi connectivity index (χ2v) is 8.52. The molecule has 2 rings (SSSR count). The molecule has 0 aliphatic carbocycles. The highest BCUT2D eigenvalue weighted by Gasteiger charge is 2.14. The van der Waals surface area contributed by atoms with Gasteiger partial charge in [-0.05, 0) is 66.0 Å². The molecule has 3 N–H and O–H groups in total. The fourth-order valence-electron chi connectivity index (χ4n) is 2.75. The van der Waals surface area contributed by atoms with E-state index in [0.717, 1.165) is 18.4 Å². The molecule has 0 aliphatic heterocycles. The Labute approximate surface area is 185 Å². The van der Waals surface area contributed by atoms with Crippen molar-refractivity contribution in [2.24, 2.45) is 0 Å². The van der Waals surface area contributed by atoms with Crippen molar-refractivity contribution in [1.82, 2.24) is 5.32 Å². The topological polar surface area (TPSA) is 70.2 Å². The minimum Gasteiger partial charge on any atom is -0.332 e. The minimum absolute atomic E-state index is 0.0297. The van der Waals surface area contributed by atoms with Gasteiger partial charge in [0.25, 0.3) is 5.91 Å². The molecule has 0 unspecified atom stereocenters. The van der Waals surface area contributed by atoms with E-state index in [1.54, 1.807) is 36.4 Å². The predicted octanol–water partition coefficient (Wildman–Crippen LogP) is 4.81. The third-order valence-corrected chi connectivity index (χ3v) is 4.73. The maximum atomic E-state index is 12.4. The number of rotatable bonds is 7. The Bertz CT molecular complexity index is 875. The first-order valence-electron chi connectivity index (χ1n) is 10.0. The van der Waals surface area contributed by atoms with Gasteiger partial charge in [0.05, 0.1) is 7.85 Å². The highest BCUT2D eigenvalue weighted by atomic mass is 32.1. The monoisotopic (exact) mass is 421 g/mol. The van der Waals surface area contributed by atoms with Crippen LogP contribution in [-0.4, -0.2) is 24.8 Å². The molecule has 2 amide bonds. The van der Waals surface area contributed by atoms with Crippen LogP contribution in [0.25, 0.3) is 0 Å². The third-order valence-electron chi connectivity index (χ3n) is 4.52. The Morgan fingerprint density at radius 1 is 0.900 bits per heavy atom. The maximum absolute atomic E-state index is 12.4. The molecule has 0 bridgehead atoms. The molecule has 0 spiro atoms. The summed E-state index contributed by atoms with van der Waals surface area (Å²) < 4.78 is 0. The highest BCUT2D eigenvalue weighted by molar-refractivity contribution is 7.80. The first-order chi connectivity index (χ1) is 14.2. The fourth-order valence-corrected chi connectivity index (χ4v) is 2.96. The van der Waals surface area contributed by atoms with Gasteiger partial charge in [-0.2, -0.15) is 0 Å². The highest BCUT2D eigenvalue weighted by Crippen LogP contribution is 2.22. The van der Waals surface area contributed by atoms with E-state index in [-0.39, 0.29) is 22.3 Å². The summed E-state index contributed by atoms with van der Waals surface area (Å²) in [4.78, 5) is 24.2. The number of carbonyl (C=O) groups excluding carboxylic acids is 2. The third kappa shape index (κ3) is 7.63. The molecule has 0 aromatic heterocycles. The minimum atomic E-state index is -0.269. The second-order valence-electron chi connectivity index (χ2n) is 8.11. The van der Waals surface area contributed by atoms with Gasteiger partial charge >= 0.3 is 0 Å². The zero-order valence-electron chi connectivity index (χ0n) is 17.7. The van der Waals surface area contributed by atoms with Crippen molar-refractivity contribution in [3.63, 3.8) is 0 Å². The smallest absolute Gasteiger partial charge is 0.257 e. The van der Waals surface area contributed by atoms with E-state index >= 15 is 0 Å². The summed E-state index contributed by atoms with van der Waals surface area (Å²) in [6.07, 6.45) is 2.64. The maximum Gasteiger partial charge on any atom is 0.257 e. The summed E-state index contributed by atoms with van der Waals surface area (Å²) in [5.41, 5.74) is 3.14. The van der Waals surface area contributed by atoms with Crippen molar-refractivity contribution in [2.75, 3.05) is 10.6 Å². The van der Waals surface area contributed by atoms with Crippen LogP contribution < -0.4 is 16.0 Å². The number of nitrogens with one attached hydrogen (secondary N) is 3.